The molecule has 1 N–H and O–H groups in total. The zero-order valence-corrected chi connectivity index (χ0v) is 12.0. The Balaban J connectivity index is 2.16. The van der Waals surface area contributed by atoms with Crippen molar-refractivity contribution in [3.8, 4) is 11.5 Å². The average molecular weight is 283 g/mol. The van der Waals surface area contributed by atoms with Gasteiger partial charge in [-0.3, -0.25) is 0 Å². The summed E-state index contributed by atoms with van der Waals surface area (Å²) < 4.78 is 10.7. The third-order valence-electron chi connectivity index (χ3n) is 3.96. The van der Waals surface area contributed by atoms with Gasteiger partial charge in [0.2, 0.25) is 0 Å². The van der Waals surface area contributed by atoms with Crippen LogP contribution in [-0.4, -0.2) is 25.1 Å². The van der Waals surface area contributed by atoms with Crippen LogP contribution in [0.1, 0.15) is 29.0 Å². The van der Waals surface area contributed by atoms with Crippen molar-refractivity contribution in [2.75, 3.05) is 14.2 Å². The fourth-order valence-electron chi connectivity index (χ4n) is 2.92. The van der Waals surface area contributed by atoms with Crippen LogP contribution in [0.5, 0.6) is 11.5 Å². The minimum absolute atomic E-state index is 0.173. The largest absolute Gasteiger partial charge is 0.493 e. The summed E-state index contributed by atoms with van der Waals surface area (Å²) in [5, 5.41) is 12.7. The van der Waals surface area contributed by atoms with Gasteiger partial charge in [-0.25, -0.2) is 0 Å². The van der Waals surface area contributed by atoms with Crippen molar-refractivity contribution in [3.05, 3.63) is 59.2 Å². The van der Waals surface area contributed by atoms with E-state index in [9.17, 15) is 5.21 Å². The van der Waals surface area contributed by atoms with Gasteiger partial charge in [0.25, 0.3) is 0 Å². The first-order valence-corrected chi connectivity index (χ1v) is 6.80. The van der Waals surface area contributed by atoms with E-state index < -0.39 is 0 Å². The van der Waals surface area contributed by atoms with Gasteiger partial charge in [0.1, 0.15) is 0 Å². The Morgan fingerprint density at radius 2 is 1.71 bits per heavy atom. The van der Waals surface area contributed by atoms with Crippen LogP contribution in [0.4, 0.5) is 0 Å². The Labute approximate surface area is 123 Å². The molecule has 0 saturated carbocycles. The first-order chi connectivity index (χ1) is 10.3. The van der Waals surface area contributed by atoms with Crippen molar-refractivity contribution < 1.29 is 14.7 Å². The second kappa shape index (κ2) is 5.48. The highest BCUT2D eigenvalue weighted by Crippen LogP contribution is 2.43. The van der Waals surface area contributed by atoms with Gasteiger partial charge in [-0.05, 0) is 23.3 Å². The smallest absolute Gasteiger partial charge is 0.161 e. The fourth-order valence-corrected chi connectivity index (χ4v) is 2.92. The monoisotopic (exact) mass is 283 g/mol. The first-order valence-electron chi connectivity index (χ1n) is 6.80. The molecule has 4 heteroatoms. The zero-order chi connectivity index (χ0) is 14.8. The highest BCUT2D eigenvalue weighted by Gasteiger charge is 2.31. The van der Waals surface area contributed by atoms with E-state index in [-0.39, 0.29) is 5.92 Å². The van der Waals surface area contributed by atoms with Crippen molar-refractivity contribution in [1.29, 1.82) is 0 Å². The Morgan fingerprint density at radius 3 is 2.33 bits per heavy atom. The van der Waals surface area contributed by atoms with Crippen LogP contribution in [0.3, 0.4) is 0 Å². The van der Waals surface area contributed by atoms with Gasteiger partial charge in [-0.2, -0.15) is 0 Å². The second-order valence-corrected chi connectivity index (χ2v) is 5.01. The van der Waals surface area contributed by atoms with E-state index in [0.717, 1.165) is 11.1 Å². The molecule has 0 saturated heterocycles. The maximum atomic E-state index is 9.28. The molecule has 0 radical (unpaired) electrons. The molecule has 4 nitrogen and oxygen atoms in total. The summed E-state index contributed by atoms with van der Waals surface area (Å²) in [5.74, 6) is 1.51. The number of ether oxygens (including phenoxy) is 2. The van der Waals surface area contributed by atoms with Crippen molar-refractivity contribution in [2.24, 2.45) is 5.16 Å². The van der Waals surface area contributed by atoms with E-state index in [1.54, 1.807) is 14.2 Å². The summed E-state index contributed by atoms with van der Waals surface area (Å²) in [7, 11) is 3.22. The van der Waals surface area contributed by atoms with E-state index in [4.69, 9.17) is 9.47 Å². The SMILES string of the molecule is COc1cc2c(cc1OC)C(c1ccccc1)CC2=NO. The van der Waals surface area contributed by atoms with Crippen molar-refractivity contribution >= 4 is 5.71 Å². The number of rotatable bonds is 3. The molecular formula is C17H17NO3. The van der Waals surface area contributed by atoms with Gasteiger partial charge < -0.3 is 14.7 Å². The summed E-state index contributed by atoms with van der Waals surface area (Å²) in [6.45, 7) is 0. The van der Waals surface area contributed by atoms with Gasteiger partial charge >= 0.3 is 0 Å². The number of methoxy groups -OCH3 is 2. The normalized spacial score (nSPS) is 18.6. The molecular weight excluding hydrogens is 266 g/mol. The predicted molar refractivity (Wildman–Crippen MR) is 80.8 cm³/mol. The molecule has 1 aliphatic rings. The molecule has 0 aliphatic heterocycles. The fraction of sp³-hybridized carbons (Fsp3) is 0.235. The van der Waals surface area contributed by atoms with Crippen LogP contribution in [0, 0.1) is 0 Å². The number of nitrogens with zero attached hydrogens (tertiary/aromatic N) is 1. The first kappa shape index (κ1) is 13.5. The molecule has 3 rings (SSSR count). The van der Waals surface area contributed by atoms with Crippen LogP contribution >= 0.6 is 0 Å². The summed E-state index contributed by atoms with van der Waals surface area (Å²) >= 11 is 0. The van der Waals surface area contributed by atoms with Crippen LogP contribution in [0.25, 0.3) is 0 Å². The average Bonchev–Trinajstić information content (AvgIpc) is 2.91. The number of fused-ring (bicyclic) bond motifs is 1. The Bertz CT molecular complexity index is 680. The predicted octanol–water partition coefficient (Wildman–Crippen LogP) is 3.42. The van der Waals surface area contributed by atoms with E-state index in [0.29, 0.717) is 23.6 Å². The lowest BCUT2D eigenvalue weighted by Crippen LogP contribution is -1.98. The Kier molecular flexibility index (Phi) is 3.52. The third-order valence-corrected chi connectivity index (χ3v) is 3.96. The highest BCUT2D eigenvalue weighted by atomic mass is 16.5. The Morgan fingerprint density at radius 1 is 1.05 bits per heavy atom. The number of benzene rings is 2. The van der Waals surface area contributed by atoms with Crippen LogP contribution in [0.2, 0.25) is 0 Å². The van der Waals surface area contributed by atoms with E-state index in [1.165, 1.54) is 5.56 Å². The minimum atomic E-state index is 0.173. The lowest BCUT2D eigenvalue weighted by molar-refractivity contribution is 0.318. The summed E-state index contributed by atoms with van der Waals surface area (Å²) in [6.07, 6.45) is 0.673. The molecule has 21 heavy (non-hydrogen) atoms. The number of hydrogen-bond acceptors (Lipinski definition) is 4. The van der Waals surface area contributed by atoms with E-state index in [2.05, 4.69) is 17.3 Å². The molecule has 0 amide bonds. The highest BCUT2D eigenvalue weighted by molar-refractivity contribution is 6.06. The lowest BCUT2D eigenvalue weighted by atomic mass is 9.93. The summed E-state index contributed by atoms with van der Waals surface area (Å²) in [5.41, 5.74) is 3.90. The maximum Gasteiger partial charge on any atom is 0.161 e. The van der Waals surface area contributed by atoms with Gasteiger partial charge in [-0.15, -0.1) is 0 Å². The molecule has 1 atom stereocenters. The summed E-state index contributed by atoms with van der Waals surface area (Å²) in [6, 6.07) is 14.1. The molecule has 0 aromatic heterocycles. The molecule has 108 valence electrons. The van der Waals surface area contributed by atoms with Crippen molar-refractivity contribution in [3.63, 3.8) is 0 Å². The minimum Gasteiger partial charge on any atom is -0.493 e. The molecule has 0 spiro atoms. The molecule has 1 unspecified atom stereocenters. The van der Waals surface area contributed by atoms with Crippen molar-refractivity contribution in [2.45, 2.75) is 12.3 Å². The molecule has 2 aromatic carbocycles. The van der Waals surface area contributed by atoms with E-state index >= 15 is 0 Å². The molecule has 0 heterocycles. The molecule has 0 bridgehead atoms. The van der Waals surface area contributed by atoms with Crippen molar-refractivity contribution in [1.82, 2.24) is 0 Å². The summed E-state index contributed by atoms with van der Waals surface area (Å²) in [4.78, 5) is 0. The number of hydrogen-bond donors (Lipinski definition) is 1. The van der Waals surface area contributed by atoms with Gasteiger partial charge in [0.15, 0.2) is 11.5 Å². The van der Waals surface area contributed by atoms with Gasteiger partial charge in [0, 0.05) is 17.9 Å². The second-order valence-electron chi connectivity index (χ2n) is 5.01. The Hall–Kier alpha value is -2.49. The molecule has 0 fully saturated rings. The maximum absolute atomic E-state index is 9.28. The van der Waals surface area contributed by atoms with E-state index in [1.807, 2.05) is 30.3 Å². The van der Waals surface area contributed by atoms with Gasteiger partial charge in [-0.1, -0.05) is 35.5 Å². The van der Waals surface area contributed by atoms with Gasteiger partial charge in [0.05, 0.1) is 19.9 Å². The topological polar surface area (TPSA) is 51.0 Å². The quantitative estimate of drug-likeness (QED) is 0.693. The zero-order valence-electron chi connectivity index (χ0n) is 12.0. The number of oxime groups is 1. The van der Waals surface area contributed by atoms with Crippen LogP contribution in [0.15, 0.2) is 47.6 Å². The van der Waals surface area contributed by atoms with Crippen LogP contribution in [-0.2, 0) is 0 Å². The van der Waals surface area contributed by atoms with Crippen LogP contribution < -0.4 is 9.47 Å². The molecule has 2 aromatic rings. The third kappa shape index (κ3) is 2.23. The molecule has 1 aliphatic carbocycles. The lowest BCUT2D eigenvalue weighted by Gasteiger charge is -2.14. The standard InChI is InChI=1S/C17H17NO3/c1-20-16-9-13-12(11-6-4-3-5-7-11)8-15(18-19)14(13)10-17(16)21-2/h3-7,9-10,12,19H,8H2,1-2H3.